The second kappa shape index (κ2) is 5.32. The van der Waals surface area contributed by atoms with Gasteiger partial charge in [0, 0.05) is 31.2 Å². The smallest absolute Gasteiger partial charge is 0.248 e. The summed E-state index contributed by atoms with van der Waals surface area (Å²) in [7, 11) is 0. The van der Waals surface area contributed by atoms with E-state index in [2.05, 4.69) is 9.80 Å². The molecular formula is C15H22N4O. The quantitative estimate of drug-likeness (QED) is 0.790. The average Bonchev–Trinajstić information content (AvgIpc) is 2.46. The minimum atomic E-state index is -0.430. The number of hydrogen-bond acceptors (Lipinski definition) is 4. The molecule has 20 heavy (non-hydrogen) atoms. The standard InChI is InChI=1S/C15H22N4O/c16-13-9-11(15(17)20)4-5-14(13)19-8-7-18-6-2-1-3-12(18)10-19/h4-5,9,12H,1-3,6-8,10,16H2,(H2,17,20). The summed E-state index contributed by atoms with van der Waals surface area (Å²) in [6.07, 6.45) is 3.92. The van der Waals surface area contributed by atoms with Crippen molar-refractivity contribution in [3.8, 4) is 0 Å². The van der Waals surface area contributed by atoms with Crippen LogP contribution < -0.4 is 16.4 Å². The third kappa shape index (κ3) is 2.45. The van der Waals surface area contributed by atoms with Gasteiger partial charge in [0.25, 0.3) is 0 Å². The van der Waals surface area contributed by atoms with Crippen LogP contribution in [-0.4, -0.2) is 43.0 Å². The summed E-state index contributed by atoms with van der Waals surface area (Å²) in [6, 6.07) is 6.02. The molecule has 1 unspecified atom stereocenters. The molecule has 1 aromatic rings. The Balaban J connectivity index is 1.78. The van der Waals surface area contributed by atoms with E-state index in [4.69, 9.17) is 11.5 Å². The number of fused-ring (bicyclic) bond motifs is 1. The first-order valence-corrected chi connectivity index (χ1v) is 7.33. The fourth-order valence-electron chi connectivity index (χ4n) is 3.37. The first-order valence-electron chi connectivity index (χ1n) is 7.33. The Kier molecular flexibility index (Phi) is 3.53. The van der Waals surface area contributed by atoms with Crippen molar-refractivity contribution in [2.75, 3.05) is 36.8 Å². The molecule has 2 fully saturated rings. The molecule has 108 valence electrons. The van der Waals surface area contributed by atoms with E-state index >= 15 is 0 Å². The Morgan fingerprint density at radius 3 is 2.80 bits per heavy atom. The zero-order valence-corrected chi connectivity index (χ0v) is 11.7. The highest BCUT2D eigenvalue weighted by Gasteiger charge is 2.29. The van der Waals surface area contributed by atoms with Crippen LogP contribution in [0.15, 0.2) is 18.2 Å². The monoisotopic (exact) mass is 274 g/mol. The second-order valence-corrected chi connectivity index (χ2v) is 5.77. The molecule has 0 bridgehead atoms. The lowest BCUT2D eigenvalue weighted by Crippen LogP contribution is -2.55. The SMILES string of the molecule is NC(=O)c1ccc(N2CCN3CCCCC3C2)c(N)c1. The second-order valence-electron chi connectivity index (χ2n) is 5.77. The third-order valence-corrected chi connectivity index (χ3v) is 4.49. The van der Waals surface area contributed by atoms with Gasteiger partial charge in [0.15, 0.2) is 0 Å². The molecule has 0 saturated carbocycles. The minimum Gasteiger partial charge on any atom is -0.397 e. The highest BCUT2D eigenvalue weighted by Crippen LogP contribution is 2.29. The number of hydrogen-bond donors (Lipinski definition) is 2. The molecule has 3 rings (SSSR count). The number of primary amides is 1. The van der Waals surface area contributed by atoms with Crippen LogP contribution in [0.2, 0.25) is 0 Å². The van der Waals surface area contributed by atoms with Crippen molar-refractivity contribution in [1.29, 1.82) is 0 Å². The summed E-state index contributed by atoms with van der Waals surface area (Å²) >= 11 is 0. The summed E-state index contributed by atoms with van der Waals surface area (Å²) in [5.74, 6) is -0.430. The number of nitrogens with two attached hydrogens (primary N) is 2. The third-order valence-electron chi connectivity index (χ3n) is 4.49. The Hall–Kier alpha value is -1.75. The molecule has 0 aromatic heterocycles. The number of benzene rings is 1. The number of piperazine rings is 1. The maximum absolute atomic E-state index is 11.2. The maximum Gasteiger partial charge on any atom is 0.248 e. The molecule has 1 aromatic carbocycles. The van der Waals surface area contributed by atoms with Gasteiger partial charge in [-0.05, 0) is 37.6 Å². The van der Waals surface area contributed by atoms with Crippen molar-refractivity contribution in [2.24, 2.45) is 5.73 Å². The van der Waals surface area contributed by atoms with Crippen LogP contribution in [0.3, 0.4) is 0 Å². The van der Waals surface area contributed by atoms with Crippen molar-refractivity contribution in [2.45, 2.75) is 25.3 Å². The Morgan fingerprint density at radius 1 is 1.20 bits per heavy atom. The zero-order chi connectivity index (χ0) is 14.1. The Labute approximate surface area is 119 Å². The van der Waals surface area contributed by atoms with Crippen molar-refractivity contribution in [3.05, 3.63) is 23.8 Å². The minimum absolute atomic E-state index is 0.430. The first-order chi connectivity index (χ1) is 9.65. The van der Waals surface area contributed by atoms with Crippen molar-refractivity contribution >= 4 is 17.3 Å². The molecule has 1 amide bonds. The van der Waals surface area contributed by atoms with Crippen LogP contribution >= 0.6 is 0 Å². The molecule has 2 saturated heterocycles. The van der Waals surface area contributed by atoms with Crippen LogP contribution in [0.4, 0.5) is 11.4 Å². The van der Waals surface area contributed by atoms with Crippen LogP contribution in [0.25, 0.3) is 0 Å². The lowest BCUT2D eigenvalue weighted by Gasteiger charge is -2.45. The van der Waals surface area contributed by atoms with E-state index in [9.17, 15) is 4.79 Å². The zero-order valence-electron chi connectivity index (χ0n) is 11.7. The van der Waals surface area contributed by atoms with E-state index < -0.39 is 5.91 Å². The molecular weight excluding hydrogens is 252 g/mol. The molecule has 2 aliphatic rings. The largest absolute Gasteiger partial charge is 0.397 e. The van der Waals surface area contributed by atoms with Gasteiger partial charge in [0.05, 0.1) is 11.4 Å². The molecule has 2 aliphatic heterocycles. The van der Waals surface area contributed by atoms with Gasteiger partial charge in [-0.3, -0.25) is 9.69 Å². The normalized spacial score (nSPS) is 23.4. The number of nitrogens with zero attached hydrogens (tertiary/aromatic N) is 2. The summed E-state index contributed by atoms with van der Waals surface area (Å²) in [5.41, 5.74) is 13.5. The van der Waals surface area contributed by atoms with Gasteiger partial charge in [-0.15, -0.1) is 0 Å². The van der Waals surface area contributed by atoms with Crippen LogP contribution in [-0.2, 0) is 0 Å². The lowest BCUT2D eigenvalue weighted by atomic mass is 9.99. The maximum atomic E-state index is 11.2. The van der Waals surface area contributed by atoms with E-state index in [0.29, 0.717) is 17.3 Å². The average molecular weight is 274 g/mol. The molecule has 0 radical (unpaired) electrons. The van der Waals surface area contributed by atoms with E-state index in [0.717, 1.165) is 25.3 Å². The first kappa shape index (κ1) is 13.2. The number of carbonyl (C=O) groups is 1. The molecule has 2 heterocycles. The van der Waals surface area contributed by atoms with Gasteiger partial charge < -0.3 is 16.4 Å². The van der Waals surface area contributed by atoms with Gasteiger partial charge in [0.2, 0.25) is 5.91 Å². The molecule has 0 aliphatic carbocycles. The number of amides is 1. The summed E-state index contributed by atoms with van der Waals surface area (Å²) in [4.78, 5) is 16.1. The van der Waals surface area contributed by atoms with Crippen LogP contribution in [0, 0.1) is 0 Å². The van der Waals surface area contributed by atoms with Gasteiger partial charge in [-0.1, -0.05) is 6.42 Å². The number of piperidine rings is 1. The van der Waals surface area contributed by atoms with Gasteiger partial charge in [-0.2, -0.15) is 0 Å². The van der Waals surface area contributed by atoms with Gasteiger partial charge >= 0.3 is 0 Å². The fraction of sp³-hybridized carbons (Fsp3) is 0.533. The fourth-order valence-corrected chi connectivity index (χ4v) is 3.37. The molecule has 5 nitrogen and oxygen atoms in total. The number of nitrogen functional groups attached to an aromatic ring is 1. The van der Waals surface area contributed by atoms with Gasteiger partial charge in [-0.25, -0.2) is 0 Å². The molecule has 0 spiro atoms. The number of carbonyl (C=O) groups excluding carboxylic acids is 1. The number of anilines is 2. The Morgan fingerprint density at radius 2 is 2.05 bits per heavy atom. The Bertz CT molecular complexity index is 517. The lowest BCUT2D eigenvalue weighted by molar-refractivity contribution is 0.100. The van der Waals surface area contributed by atoms with E-state index in [1.807, 2.05) is 6.07 Å². The van der Waals surface area contributed by atoms with Crippen molar-refractivity contribution in [3.63, 3.8) is 0 Å². The predicted molar refractivity (Wildman–Crippen MR) is 80.8 cm³/mol. The summed E-state index contributed by atoms with van der Waals surface area (Å²) in [6.45, 7) is 4.35. The summed E-state index contributed by atoms with van der Waals surface area (Å²) in [5, 5.41) is 0. The molecule has 1 atom stereocenters. The van der Waals surface area contributed by atoms with E-state index in [1.54, 1.807) is 12.1 Å². The van der Waals surface area contributed by atoms with E-state index in [-0.39, 0.29) is 0 Å². The predicted octanol–water partition coefficient (Wildman–Crippen LogP) is 1.04. The molecule has 5 heteroatoms. The van der Waals surface area contributed by atoms with Gasteiger partial charge in [0.1, 0.15) is 0 Å². The number of rotatable bonds is 2. The van der Waals surface area contributed by atoms with E-state index in [1.165, 1.54) is 25.8 Å². The van der Waals surface area contributed by atoms with Crippen molar-refractivity contribution < 1.29 is 4.79 Å². The van der Waals surface area contributed by atoms with Crippen LogP contribution in [0.5, 0.6) is 0 Å². The van der Waals surface area contributed by atoms with Crippen molar-refractivity contribution in [1.82, 2.24) is 4.90 Å². The molecule has 4 N–H and O–H groups in total. The topological polar surface area (TPSA) is 75.6 Å². The summed E-state index contributed by atoms with van der Waals surface area (Å²) < 4.78 is 0. The highest BCUT2D eigenvalue weighted by atomic mass is 16.1. The highest BCUT2D eigenvalue weighted by molar-refractivity contribution is 5.94. The van der Waals surface area contributed by atoms with Crippen LogP contribution in [0.1, 0.15) is 29.6 Å².